The summed E-state index contributed by atoms with van der Waals surface area (Å²) >= 11 is 1.44. The second kappa shape index (κ2) is 9.95. The summed E-state index contributed by atoms with van der Waals surface area (Å²) in [5, 5.41) is 9.98. The summed E-state index contributed by atoms with van der Waals surface area (Å²) in [7, 11) is 0. The fourth-order valence-corrected chi connectivity index (χ4v) is 4.02. The van der Waals surface area contributed by atoms with Gasteiger partial charge in [0.1, 0.15) is 6.54 Å². The van der Waals surface area contributed by atoms with Gasteiger partial charge in [-0.15, -0.1) is 0 Å². The maximum Gasteiger partial charge on any atom is 0.238 e. The highest BCUT2D eigenvalue weighted by Gasteiger charge is 2.18. The number of unbranched alkanes of at least 4 members (excludes halogenated alkanes) is 2. The summed E-state index contributed by atoms with van der Waals surface area (Å²) in [5.74, 6) is 0.151. The Morgan fingerprint density at radius 3 is 2.64 bits per heavy atom. The van der Waals surface area contributed by atoms with Gasteiger partial charge in [-0.1, -0.05) is 61.9 Å². The first-order valence-electron chi connectivity index (χ1n) is 9.55. The van der Waals surface area contributed by atoms with Crippen LogP contribution in [0.5, 0.6) is 0 Å². The maximum atomic E-state index is 12.8. The van der Waals surface area contributed by atoms with Gasteiger partial charge in [-0.3, -0.25) is 9.69 Å². The van der Waals surface area contributed by atoms with E-state index in [9.17, 15) is 4.79 Å². The average Bonchev–Trinajstić information content (AvgIpc) is 3.09. The Hall–Kier alpha value is -2.78. The number of nitriles is 1. The van der Waals surface area contributed by atoms with E-state index in [-0.39, 0.29) is 18.2 Å². The fraction of sp³-hybridized carbons (Fsp3) is 0.318. The van der Waals surface area contributed by atoms with Crippen molar-refractivity contribution in [1.29, 1.82) is 5.26 Å². The van der Waals surface area contributed by atoms with Gasteiger partial charge >= 0.3 is 0 Å². The van der Waals surface area contributed by atoms with Crippen LogP contribution in [0.1, 0.15) is 26.2 Å². The number of nitrogens with zero attached hydrogens (tertiary/aromatic N) is 4. The Labute approximate surface area is 170 Å². The summed E-state index contributed by atoms with van der Waals surface area (Å²) < 4.78 is 2.21. The van der Waals surface area contributed by atoms with E-state index in [0.29, 0.717) is 0 Å². The normalized spacial score (nSPS) is 10.7. The van der Waals surface area contributed by atoms with Crippen molar-refractivity contribution in [3.8, 4) is 6.07 Å². The first kappa shape index (κ1) is 20.0. The third kappa shape index (κ3) is 4.73. The molecule has 0 saturated heterocycles. The van der Waals surface area contributed by atoms with Crippen molar-refractivity contribution in [2.75, 3.05) is 17.2 Å². The summed E-state index contributed by atoms with van der Waals surface area (Å²) in [5.41, 5.74) is 2.79. The molecule has 3 rings (SSSR count). The highest BCUT2D eigenvalue weighted by molar-refractivity contribution is 7.99. The smallest absolute Gasteiger partial charge is 0.238 e. The van der Waals surface area contributed by atoms with Crippen LogP contribution in [0.3, 0.4) is 0 Å². The maximum absolute atomic E-state index is 12.8. The Bertz CT molecular complexity index is 962. The van der Waals surface area contributed by atoms with Gasteiger partial charge in [-0.2, -0.15) is 5.26 Å². The average molecular weight is 393 g/mol. The molecule has 0 saturated carbocycles. The molecule has 144 valence electrons. The van der Waals surface area contributed by atoms with Gasteiger partial charge in [0.05, 0.1) is 22.9 Å². The van der Waals surface area contributed by atoms with Crippen LogP contribution in [0.25, 0.3) is 11.0 Å². The molecular formula is C22H24N4OS. The summed E-state index contributed by atoms with van der Waals surface area (Å²) in [6.07, 6.45) is 3.41. The predicted molar refractivity (Wildman–Crippen MR) is 114 cm³/mol. The highest BCUT2D eigenvalue weighted by Crippen LogP contribution is 2.26. The van der Waals surface area contributed by atoms with Gasteiger partial charge in [0.25, 0.3) is 0 Å². The number of anilines is 1. The molecule has 0 aliphatic rings. The number of hydrogen-bond donors (Lipinski definition) is 0. The van der Waals surface area contributed by atoms with Crippen LogP contribution in [0.15, 0.2) is 59.8 Å². The zero-order valence-electron chi connectivity index (χ0n) is 16.0. The first-order valence-corrected chi connectivity index (χ1v) is 10.5. The molecule has 0 fully saturated rings. The standard InChI is InChI=1S/C22H24N4OS/c1-2-3-9-15-26-20-13-8-7-12-19(20)24-22(26)28-17-21(27)25(16-14-23)18-10-5-4-6-11-18/h4-8,10-13H,2-3,9,15-17H2,1H3. The Morgan fingerprint density at radius 1 is 1.14 bits per heavy atom. The second-order valence-electron chi connectivity index (χ2n) is 6.50. The number of carbonyl (C=O) groups is 1. The topological polar surface area (TPSA) is 61.9 Å². The zero-order valence-corrected chi connectivity index (χ0v) is 16.9. The lowest BCUT2D eigenvalue weighted by Gasteiger charge is -2.19. The van der Waals surface area contributed by atoms with E-state index in [4.69, 9.17) is 10.2 Å². The largest absolute Gasteiger partial charge is 0.319 e. The molecule has 0 aliphatic carbocycles. The van der Waals surface area contributed by atoms with E-state index in [1.807, 2.05) is 48.5 Å². The Kier molecular flexibility index (Phi) is 7.10. The minimum atomic E-state index is -0.0927. The van der Waals surface area contributed by atoms with Gasteiger partial charge in [0, 0.05) is 12.2 Å². The molecule has 0 bridgehead atoms. The molecule has 5 nitrogen and oxygen atoms in total. The number of aryl methyl sites for hydroxylation is 1. The van der Waals surface area contributed by atoms with Crippen LogP contribution in [-0.2, 0) is 11.3 Å². The molecule has 1 amide bonds. The first-order chi connectivity index (χ1) is 13.7. The highest BCUT2D eigenvalue weighted by atomic mass is 32.2. The van der Waals surface area contributed by atoms with Crippen LogP contribution in [0, 0.1) is 11.3 Å². The number of thioether (sulfide) groups is 1. The minimum absolute atomic E-state index is 0.0380. The van der Waals surface area contributed by atoms with E-state index in [0.717, 1.165) is 41.3 Å². The predicted octanol–water partition coefficient (Wildman–Crippen LogP) is 4.88. The third-order valence-electron chi connectivity index (χ3n) is 4.53. The van der Waals surface area contributed by atoms with Gasteiger partial charge < -0.3 is 4.57 Å². The lowest BCUT2D eigenvalue weighted by Crippen LogP contribution is -2.32. The van der Waals surface area contributed by atoms with Crippen molar-refractivity contribution in [1.82, 2.24) is 9.55 Å². The zero-order chi connectivity index (χ0) is 19.8. The van der Waals surface area contributed by atoms with E-state index >= 15 is 0 Å². The number of para-hydroxylation sites is 3. The molecule has 0 radical (unpaired) electrons. The Balaban J connectivity index is 1.77. The number of hydrogen-bond acceptors (Lipinski definition) is 4. The molecule has 6 heteroatoms. The van der Waals surface area contributed by atoms with Gasteiger partial charge in [-0.25, -0.2) is 4.98 Å². The summed E-state index contributed by atoms with van der Waals surface area (Å²) in [6.45, 7) is 3.12. The number of imidazole rings is 1. The number of aromatic nitrogens is 2. The molecule has 0 unspecified atom stereocenters. The van der Waals surface area contributed by atoms with Crippen LogP contribution in [-0.4, -0.2) is 27.8 Å². The SMILES string of the molecule is CCCCCn1c(SCC(=O)N(CC#N)c2ccccc2)nc2ccccc21. The molecule has 28 heavy (non-hydrogen) atoms. The van der Waals surface area contributed by atoms with E-state index in [1.165, 1.54) is 23.1 Å². The van der Waals surface area contributed by atoms with Crippen molar-refractivity contribution in [3.63, 3.8) is 0 Å². The lowest BCUT2D eigenvalue weighted by atomic mass is 10.2. The van der Waals surface area contributed by atoms with Crippen molar-refractivity contribution < 1.29 is 4.79 Å². The van der Waals surface area contributed by atoms with E-state index < -0.39 is 0 Å². The van der Waals surface area contributed by atoms with Crippen LogP contribution < -0.4 is 4.90 Å². The van der Waals surface area contributed by atoms with Gasteiger partial charge in [0.2, 0.25) is 5.91 Å². The quantitative estimate of drug-likeness (QED) is 0.296. The summed E-state index contributed by atoms with van der Waals surface area (Å²) in [6, 6.07) is 19.5. The molecule has 0 N–H and O–H groups in total. The summed E-state index contributed by atoms with van der Waals surface area (Å²) in [4.78, 5) is 19.1. The van der Waals surface area contributed by atoms with Crippen molar-refractivity contribution in [3.05, 3.63) is 54.6 Å². The lowest BCUT2D eigenvalue weighted by molar-refractivity contribution is -0.116. The number of fused-ring (bicyclic) bond motifs is 1. The number of benzene rings is 2. The molecule has 1 heterocycles. The molecular weight excluding hydrogens is 368 g/mol. The van der Waals surface area contributed by atoms with Gasteiger partial charge in [-0.05, 0) is 30.7 Å². The Morgan fingerprint density at radius 2 is 1.89 bits per heavy atom. The number of amides is 1. The van der Waals surface area contributed by atoms with Crippen LogP contribution >= 0.6 is 11.8 Å². The van der Waals surface area contributed by atoms with Crippen LogP contribution in [0.2, 0.25) is 0 Å². The monoisotopic (exact) mass is 392 g/mol. The number of rotatable bonds is 9. The number of carbonyl (C=O) groups excluding carboxylic acids is 1. The van der Waals surface area contributed by atoms with Gasteiger partial charge in [0.15, 0.2) is 5.16 Å². The van der Waals surface area contributed by atoms with Crippen molar-refractivity contribution in [2.45, 2.75) is 37.9 Å². The molecule has 3 aromatic rings. The second-order valence-corrected chi connectivity index (χ2v) is 7.45. The van der Waals surface area contributed by atoms with Crippen molar-refractivity contribution >= 4 is 34.4 Å². The molecule has 0 spiro atoms. The fourth-order valence-electron chi connectivity index (χ4n) is 3.11. The van der Waals surface area contributed by atoms with E-state index in [1.54, 1.807) is 0 Å². The third-order valence-corrected chi connectivity index (χ3v) is 5.49. The minimum Gasteiger partial charge on any atom is -0.319 e. The molecule has 1 aromatic heterocycles. The molecule has 2 aromatic carbocycles. The molecule has 0 atom stereocenters. The van der Waals surface area contributed by atoms with Crippen LogP contribution in [0.4, 0.5) is 5.69 Å². The van der Waals surface area contributed by atoms with Crippen molar-refractivity contribution in [2.24, 2.45) is 0 Å². The van der Waals surface area contributed by atoms with E-state index in [2.05, 4.69) is 23.6 Å². The molecule has 0 aliphatic heterocycles.